The topological polar surface area (TPSA) is 158 Å². The molecule has 1 atom stereocenters. The van der Waals surface area contributed by atoms with Crippen LogP contribution in [-0.2, 0) is 20.8 Å². The molecule has 0 saturated heterocycles. The van der Waals surface area contributed by atoms with Gasteiger partial charge in [-0.05, 0) is 48.7 Å². The molecule has 0 aliphatic carbocycles. The molecule has 0 spiro atoms. The maximum absolute atomic E-state index is 12.3. The fourth-order valence-electron chi connectivity index (χ4n) is 2.62. The predicted octanol–water partition coefficient (Wildman–Crippen LogP) is 4.92. The Morgan fingerprint density at radius 2 is 1.51 bits per heavy atom. The van der Waals surface area contributed by atoms with Gasteiger partial charge in [0.1, 0.15) is 0 Å². The molecule has 39 heavy (non-hydrogen) atoms. The SMILES string of the molecule is Cc1[nH]ncc1-c1ccc(NC(=O)[C@H](N)Cc2cccc(Br)c2)cc1.O=C(O)C(F)(F)F.O=C(O)C(F)(F)F. The summed E-state index contributed by atoms with van der Waals surface area (Å²) in [7, 11) is 0. The number of carbonyl (C=O) groups excluding carboxylic acids is 1. The van der Waals surface area contributed by atoms with Crippen molar-refractivity contribution < 1.29 is 50.9 Å². The van der Waals surface area contributed by atoms with E-state index in [9.17, 15) is 31.1 Å². The molecule has 0 aliphatic rings. The number of hydrogen-bond donors (Lipinski definition) is 5. The van der Waals surface area contributed by atoms with Crippen molar-refractivity contribution in [2.24, 2.45) is 5.73 Å². The zero-order valence-electron chi connectivity index (χ0n) is 19.8. The summed E-state index contributed by atoms with van der Waals surface area (Å²) in [5, 5.41) is 24.1. The van der Waals surface area contributed by atoms with Crippen LogP contribution in [0.2, 0.25) is 0 Å². The van der Waals surface area contributed by atoms with Gasteiger partial charge in [0.25, 0.3) is 0 Å². The zero-order valence-corrected chi connectivity index (χ0v) is 21.4. The molecule has 0 aliphatic heterocycles. The predicted molar refractivity (Wildman–Crippen MR) is 131 cm³/mol. The molecule has 3 aromatic rings. The van der Waals surface area contributed by atoms with E-state index in [1.165, 1.54) is 0 Å². The van der Waals surface area contributed by atoms with Crippen LogP contribution in [0, 0.1) is 6.92 Å². The highest BCUT2D eigenvalue weighted by Crippen LogP contribution is 2.23. The van der Waals surface area contributed by atoms with Crippen molar-refractivity contribution in [2.45, 2.75) is 31.7 Å². The first-order chi connectivity index (χ1) is 17.9. The van der Waals surface area contributed by atoms with Gasteiger partial charge in [-0.3, -0.25) is 9.89 Å². The van der Waals surface area contributed by atoms with Crippen LogP contribution in [-0.4, -0.2) is 56.7 Å². The number of nitrogens with two attached hydrogens (primary N) is 1. The van der Waals surface area contributed by atoms with E-state index in [2.05, 4.69) is 31.4 Å². The number of carbonyl (C=O) groups is 3. The van der Waals surface area contributed by atoms with Gasteiger partial charge in [0.05, 0.1) is 12.2 Å². The number of aromatic nitrogens is 2. The molecule has 0 unspecified atom stereocenters. The summed E-state index contributed by atoms with van der Waals surface area (Å²) in [6, 6.07) is 14.8. The Labute approximate surface area is 225 Å². The minimum atomic E-state index is -5.08. The fourth-order valence-corrected chi connectivity index (χ4v) is 3.07. The van der Waals surface area contributed by atoms with Crippen molar-refractivity contribution in [3.8, 4) is 11.1 Å². The van der Waals surface area contributed by atoms with Gasteiger partial charge in [-0.25, -0.2) is 9.59 Å². The van der Waals surface area contributed by atoms with Gasteiger partial charge < -0.3 is 21.3 Å². The lowest BCUT2D eigenvalue weighted by Gasteiger charge is -2.13. The molecule has 1 heterocycles. The quantitative estimate of drug-likeness (QED) is 0.251. The number of nitrogens with one attached hydrogen (secondary N) is 2. The van der Waals surface area contributed by atoms with Crippen LogP contribution < -0.4 is 11.1 Å². The highest BCUT2D eigenvalue weighted by molar-refractivity contribution is 9.10. The summed E-state index contributed by atoms with van der Waals surface area (Å²) in [5.74, 6) is -5.72. The Kier molecular flexibility index (Phi) is 12.1. The molecule has 16 heteroatoms. The first-order valence-corrected chi connectivity index (χ1v) is 11.2. The summed E-state index contributed by atoms with van der Waals surface area (Å²) >= 11 is 3.42. The zero-order chi connectivity index (χ0) is 30.0. The van der Waals surface area contributed by atoms with E-state index in [0.29, 0.717) is 6.42 Å². The van der Waals surface area contributed by atoms with E-state index < -0.39 is 30.3 Å². The maximum Gasteiger partial charge on any atom is 0.490 e. The van der Waals surface area contributed by atoms with Crippen molar-refractivity contribution in [2.75, 3.05) is 5.32 Å². The van der Waals surface area contributed by atoms with Crippen LogP contribution in [0.25, 0.3) is 11.1 Å². The number of carboxylic acids is 2. The Morgan fingerprint density at radius 1 is 1.00 bits per heavy atom. The summed E-state index contributed by atoms with van der Waals surface area (Å²) in [4.78, 5) is 30.1. The number of aryl methyl sites for hydroxylation is 1. The number of alkyl halides is 6. The highest BCUT2D eigenvalue weighted by atomic mass is 79.9. The molecule has 0 saturated carbocycles. The lowest BCUT2D eigenvalue weighted by Crippen LogP contribution is -2.37. The molecule has 9 nitrogen and oxygen atoms in total. The molecule has 6 N–H and O–H groups in total. The van der Waals surface area contributed by atoms with Crippen molar-refractivity contribution in [1.82, 2.24) is 10.2 Å². The van der Waals surface area contributed by atoms with Gasteiger partial charge in [-0.15, -0.1) is 0 Å². The minimum Gasteiger partial charge on any atom is -0.475 e. The van der Waals surface area contributed by atoms with E-state index in [1.54, 1.807) is 6.20 Å². The number of amides is 1. The Bertz CT molecular complexity index is 1240. The number of anilines is 1. The first kappa shape index (κ1) is 33.1. The third-order valence-electron chi connectivity index (χ3n) is 4.46. The lowest BCUT2D eigenvalue weighted by atomic mass is 10.1. The van der Waals surface area contributed by atoms with E-state index >= 15 is 0 Å². The molecule has 1 aromatic heterocycles. The number of halogens is 7. The number of nitrogens with zero attached hydrogens (tertiary/aromatic N) is 1. The summed E-state index contributed by atoms with van der Waals surface area (Å²) in [6.07, 6.45) is -7.89. The van der Waals surface area contributed by atoms with Crippen molar-refractivity contribution >= 4 is 39.5 Å². The number of H-pyrrole nitrogens is 1. The van der Waals surface area contributed by atoms with Crippen molar-refractivity contribution in [3.05, 3.63) is 70.5 Å². The van der Waals surface area contributed by atoms with Gasteiger partial charge in [0.15, 0.2) is 0 Å². The van der Waals surface area contributed by atoms with Crippen LogP contribution in [0.1, 0.15) is 11.3 Å². The second-order valence-electron chi connectivity index (χ2n) is 7.52. The molecule has 1 amide bonds. The number of hydrogen-bond acceptors (Lipinski definition) is 5. The van der Waals surface area contributed by atoms with Gasteiger partial charge in [-0.2, -0.15) is 31.4 Å². The van der Waals surface area contributed by atoms with Gasteiger partial charge in [0, 0.05) is 21.4 Å². The molecule has 3 rings (SSSR count). The third-order valence-corrected chi connectivity index (χ3v) is 4.95. The number of carboxylic acid groups (broad SMARTS) is 2. The summed E-state index contributed by atoms with van der Waals surface area (Å²) in [5.41, 5.74) is 10.9. The average molecular weight is 627 g/mol. The minimum absolute atomic E-state index is 0.202. The van der Waals surface area contributed by atoms with Gasteiger partial charge in [-0.1, -0.05) is 40.2 Å². The lowest BCUT2D eigenvalue weighted by molar-refractivity contribution is -0.193. The van der Waals surface area contributed by atoms with Crippen LogP contribution >= 0.6 is 15.9 Å². The average Bonchev–Trinajstić information content (AvgIpc) is 3.25. The van der Waals surface area contributed by atoms with Crippen molar-refractivity contribution in [1.29, 1.82) is 0 Å². The van der Waals surface area contributed by atoms with Crippen LogP contribution in [0.3, 0.4) is 0 Å². The third kappa shape index (κ3) is 12.0. The second-order valence-corrected chi connectivity index (χ2v) is 8.44. The number of aromatic amines is 1. The van der Waals surface area contributed by atoms with Crippen LogP contribution in [0.4, 0.5) is 32.0 Å². The molecular formula is C23H21BrF6N4O5. The first-order valence-electron chi connectivity index (χ1n) is 10.4. The van der Waals surface area contributed by atoms with Crippen molar-refractivity contribution in [3.63, 3.8) is 0 Å². The maximum atomic E-state index is 12.3. The Hall–Kier alpha value is -3.92. The summed E-state index contributed by atoms with van der Waals surface area (Å²) in [6.45, 7) is 1.97. The number of rotatable bonds is 5. The van der Waals surface area contributed by atoms with E-state index in [4.69, 9.17) is 25.5 Å². The number of benzene rings is 2. The Balaban J connectivity index is 0.000000449. The number of aliphatic carboxylic acids is 2. The van der Waals surface area contributed by atoms with Crippen LogP contribution in [0.15, 0.2) is 59.2 Å². The van der Waals surface area contributed by atoms with Gasteiger partial charge >= 0.3 is 24.3 Å². The normalized spacial score (nSPS) is 11.7. The van der Waals surface area contributed by atoms with E-state index in [1.807, 2.05) is 55.5 Å². The molecule has 2 aromatic carbocycles. The second kappa shape index (κ2) is 14.3. The highest BCUT2D eigenvalue weighted by Gasteiger charge is 2.38. The molecule has 0 bridgehead atoms. The van der Waals surface area contributed by atoms with Gasteiger partial charge in [0.2, 0.25) is 5.91 Å². The van der Waals surface area contributed by atoms with E-state index in [0.717, 1.165) is 32.5 Å². The molecular weight excluding hydrogens is 606 g/mol. The molecule has 212 valence electrons. The fraction of sp³-hybridized carbons (Fsp3) is 0.217. The summed E-state index contributed by atoms with van der Waals surface area (Å²) < 4.78 is 64.4. The smallest absolute Gasteiger partial charge is 0.475 e. The monoisotopic (exact) mass is 626 g/mol. The standard InChI is InChI=1S/C19H19BrN4O.2C2HF3O2/c1-12-17(11-22-24-12)14-5-7-16(8-6-14)23-19(25)18(21)10-13-3-2-4-15(20)9-13;2*3-2(4,5)1(6)7/h2-9,11,18H,10,21H2,1H3,(H,22,24)(H,23,25);2*(H,6,7)/t18-;;/m1../s1. The van der Waals surface area contributed by atoms with E-state index in [-0.39, 0.29) is 5.91 Å². The molecule has 0 fully saturated rings. The largest absolute Gasteiger partial charge is 0.490 e. The van der Waals surface area contributed by atoms with Crippen LogP contribution in [0.5, 0.6) is 0 Å². The molecule has 0 radical (unpaired) electrons. The Morgan fingerprint density at radius 3 is 1.92 bits per heavy atom.